The standard InChI is InChI=1S/C12H12N2O3S2/c13-8-5-12(18-7-8)19(15,16)14-10-6-17-11-4-2-1-3-9(10)11/h1-5,7,10,14H,6,13H2. The second kappa shape index (κ2) is 4.52. The minimum absolute atomic E-state index is 0.217. The lowest BCUT2D eigenvalue weighted by atomic mass is 10.1. The summed E-state index contributed by atoms with van der Waals surface area (Å²) in [6.45, 7) is 0.305. The van der Waals surface area contributed by atoms with Crippen LogP contribution in [0.5, 0.6) is 5.75 Å². The monoisotopic (exact) mass is 296 g/mol. The van der Waals surface area contributed by atoms with E-state index in [1.165, 1.54) is 6.07 Å². The lowest BCUT2D eigenvalue weighted by molar-refractivity contribution is 0.325. The Morgan fingerprint density at radius 3 is 2.89 bits per heavy atom. The molecule has 3 rings (SSSR count). The maximum atomic E-state index is 12.2. The summed E-state index contributed by atoms with van der Waals surface area (Å²) in [6.07, 6.45) is 0. The van der Waals surface area contributed by atoms with Crippen molar-refractivity contribution in [3.8, 4) is 5.75 Å². The van der Waals surface area contributed by atoms with Crippen LogP contribution in [0.2, 0.25) is 0 Å². The highest BCUT2D eigenvalue weighted by molar-refractivity contribution is 7.91. The molecule has 7 heteroatoms. The first-order valence-corrected chi connectivity index (χ1v) is 8.00. The van der Waals surface area contributed by atoms with Crippen LogP contribution in [0.3, 0.4) is 0 Å². The van der Waals surface area contributed by atoms with Crippen LogP contribution in [0.4, 0.5) is 5.69 Å². The summed E-state index contributed by atoms with van der Waals surface area (Å²) in [7, 11) is -3.56. The van der Waals surface area contributed by atoms with Gasteiger partial charge in [0.05, 0.1) is 6.04 Å². The lowest BCUT2D eigenvalue weighted by Crippen LogP contribution is -2.29. The molecule has 5 nitrogen and oxygen atoms in total. The molecule has 0 saturated heterocycles. The Morgan fingerprint density at radius 1 is 1.37 bits per heavy atom. The molecule has 3 N–H and O–H groups in total. The molecule has 1 aromatic heterocycles. The van der Waals surface area contributed by atoms with Crippen molar-refractivity contribution >= 4 is 27.0 Å². The smallest absolute Gasteiger partial charge is 0.250 e. The van der Waals surface area contributed by atoms with Crippen LogP contribution in [0.1, 0.15) is 11.6 Å². The summed E-state index contributed by atoms with van der Waals surface area (Å²) in [4.78, 5) is 0. The minimum atomic E-state index is -3.56. The number of anilines is 1. The Balaban J connectivity index is 1.87. The van der Waals surface area contributed by atoms with E-state index in [9.17, 15) is 8.42 Å². The number of rotatable bonds is 3. The Hall–Kier alpha value is -1.57. The van der Waals surface area contributed by atoms with Gasteiger partial charge in [-0.2, -0.15) is 4.72 Å². The van der Waals surface area contributed by atoms with Crippen molar-refractivity contribution in [3.63, 3.8) is 0 Å². The van der Waals surface area contributed by atoms with E-state index >= 15 is 0 Å². The Kier molecular flexibility index (Phi) is 2.96. The van der Waals surface area contributed by atoms with Crippen LogP contribution < -0.4 is 15.2 Å². The summed E-state index contributed by atoms with van der Waals surface area (Å²) in [6, 6.07) is 8.50. The van der Waals surface area contributed by atoms with Gasteiger partial charge in [-0.1, -0.05) is 18.2 Å². The van der Waals surface area contributed by atoms with E-state index in [0.717, 1.165) is 22.6 Å². The summed E-state index contributed by atoms with van der Waals surface area (Å²) < 4.78 is 32.7. The van der Waals surface area contributed by atoms with Gasteiger partial charge in [-0.05, 0) is 12.1 Å². The van der Waals surface area contributed by atoms with Crippen LogP contribution in [-0.2, 0) is 10.0 Å². The Morgan fingerprint density at radius 2 is 2.16 bits per heavy atom. The lowest BCUT2D eigenvalue weighted by Gasteiger charge is -2.10. The molecule has 0 bridgehead atoms. The third-order valence-corrected chi connectivity index (χ3v) is 5.79. The molecule has 1 aliphatic heterocycles. The molecule has 0 aliphatic carbocycles. The second-order valence-corrected chi connectivity index (χ2v) is 7.07. The third kappa shape index (κ3) is 2.32. The van der Waals surface area contributed by atoms with Crippen molar-refractivity contribution in [3.05, 3.63) is 41.3 Å². The quantitative estimate of drug-likeness (QED) is 0.904. The number of nitrogens with two attached hydrogens (primary N) is 1. The molecule has 1 unspecified atom stereocenters. The first-order valence-electron chi connectivity index (χ1n) is 5.64. The number of thiophene rings is 1. The van der Waals surface area contributed by atoms with Crippen molar-refractivity contribution in [1.82, 2.24) is 4.72 Å². The molecular weight excluding hydrogens is 284 g/mol. The van der Waals surface area contributed by atoms with Crippen LogP contribution in [0, 0.1) is 0 Å². The van der Waals surface area contributed by atoms with E-state index in [1.54, 1.807) is 5.38 Å². The zero-order chi connectivity index (χ0) is 13.5. The number of benzene rings is 1. The molecule has 1 atom stereocenters. The number of hydrogen-bond donors (Lipinski definition) is 2. The van der Waals surface area contributed by atoms with E-state index in [2.05, 4.69) is 4.72 Å². The van der Waals surface area contributed by atoms with Crippen LogP contribution in [0.15, 0.2) is 39.9 Å². The molecule has 0 amide bonds. The summed E-state index contributed by atoms with van der Waals surface area (Å²) in [5.74, 6) is 0.723. The number of para-hydroxylation sites is 1. The molecule has 2 heterocycles. The fraction of sp³-hybridized carbons (Fsp3) is 0.167. The summed E-state index contributed by atoms with van der Waals surface area (Å²) in [5, 5.41) is 1.60. The van der Waals surface area contributed by atoms with E-state index in [-0.39, 0.29) is 10.3 Å². The molecule has 2 aromatic rings. The highest BCUT2D eigenvalue weighted by atomic mass is 32.2. The maximum Gasteiger partial charge on any atom is 0.250 e. The van der Waals surface area contributed by atoms with Crippen molar-refractivity contribution < 1.29 is 13.2 Å². The fourth-order valence-corrected chi connectivity index (χ4v) is 4.27. The Labute approximate surface area is 115 Å². The molecule has 0 spiro atoms. The third-order valence-electron chi connectivity index (χ3n) is 2.86. The topological polar surface area (TPSA) is 81.4 Å². The second-order valence-electron chi connectivity index (χ2n) is 4.22. The van der Waals surface area contributed by atoms with Gasteiger partial charge in [0, 0.05) is 16.6 Å². The van der Waals surface area contributed by atoms with Crippen molar-refractivity contribution in [2.75, 3.05) is 12.3 Å². The normalized spacial score (nSPS) is 18.0. The number of nitrogen functional groups attached to an aromatic ring is 1. The predicted octanol–water partition coefficient (Wildman–Crippen LogP) is 1.74. The van der Waals surface area contributed by atoms with Gasteiger partial charge >= 0.3 is 0 Å². The van der Waals surface area contributed by atoms with Crippen LogP contribution in [-0.4, -0.2) is 15.0 Å². The molecule has 1 aliphatic rings. The largest absolute Gasteiger partial charge is 0.491 e. The minimum Gasteiger partial charge on any atom is -0.491 e. The van der Waals surface area contributed by atoms with Gasteiger partial charge in [0.25, 0.3) is 10.0 Å². The first-order chi connectivity index (χ1) is 9.06. The van der Waals surface area contributed by atoms with Gasteiger partial charge in [0.1, 0.15) is 16.6 Å². The highest BCUT2D eigenvalue weighted by Gasteiger charge is 2.29. The molecule has 0 saturated carbocycles. The van der Waals surface area contributed by atoms with E-state index < -0.39 is 10.0 Å². The van der Waals surface area contributed by atoms with Gasteiger partial charge in [0.15, 0.2) is 0 Å². The van der Waals surface area contributed by atoms with Crippen LogP contribution in [0.25, 0.3) is 0 Å². The average molecular weight is 296 g/mol. The molecule has 0 radical (unpaired) electrons. The van der Waals surface area contributed by atoms with Gasteiger partial charge in [-0.3, -0.25) is 0 Å². The van der Waals surface area contributed by atoms with Gasteiger partial charge in [-0.15, -0.1) is 11.3 Å². The summed E-state index contributed by atoms with van der Waals surface area (Å²) in [5.41, 5.74) is 6.86. The highest BCUT2D eigenvalue weighted by Crippen LogP contribution is 2.33. The fourth-order valence-electron chi connectivity index (χ4n) is 1.98. The van der Waals surface area contributed by atoms with E-state index in [0.29, 0.717) is 12.3 Å². The molecule has 1 aromatic carbocycles. The van der Waals surface area contributed by atoms with Crippen molar-refractivity contribution in [2.24, 2.45) is 0 Å². The SMILES string of the molecule is Nc1csc(S(=O)(=O)NC2COc3ccccc32)c1. The van der Waals surface area contributed by atoms with Crippen molar-refractivity contribution in [2.45, 2.75) is 10.3 Å². The molecule has 100 valence electrons. The molecule has 0 fully saturated rings. The number of hydrogen-bond acceptors (Lipinski definition) is 5. The van der Waals surface area contributed by atoms with Gasteiger partial charge < -0.3 is 10.5 Å². The molecular formula is C12H12N2O3S2. The predicted molar refractivity (Wildman–Crippen MR) is 73.7 cm³/mol. The van der Waals surface area contributed by atoms with Gasteiger partial charge in [-0.25, -0.2) is 8.42 Å². The van der Waals surface area contributed by atoms with Gasteiger partial charge in [0.2, 0.25) is 0 Å². The van der Waals surface area contributed by atoms with Crippen molar-refractivity contribution in [1.29, 1.82) is 0 Å². The average Bonchev–Trinajstić information content (AvgIpc) is 2.97. The zero-order valence-corrected chi connectivity index (χ0v) is 11.5. The summed E-state index contributed by atoms with van der Waals surface area (Å²) >= 11 is 1.10. The number of nitrogens with one attached hydrogen (secondary N) is 1. The van der Waals surface area contributed by atoms with Crippen LogP contribution >= 0.6 is 11.3 Å². The van der Waals surface area contributed by atoms with E-state index in [4.69, 9.17) is 10.5 Å². The number of fused-ring (bicyclic) bond motifs is 1. The number of ether oxygens (including phenoxy) is 1. The Bertz CT molecular complexity index is 709. The zero-order valence-electron chi connectivity index (χ0n) is 9.87. The van der Waals surface area contributed by atoms with E-state index in [1.807, 2.05) is 24.3 Å². The molecule has 19 heavy (non-hydrogen) atoms. The maximum absolute atomic E-state index is 12.2. The number of sulfonamides is 1. The first kappa shape index (κ1) is 12.5.